The first-order chi connectivity index (χ1) is 9.65. The summed E-state index contributed by atoms with van der Waals surface area (Å²) >= 11 is 0. The lowest BCUT2D eigenvalue weighted by atomic mass is 10.2. The molecule has 0 aliphatic heterocycles. The van der Waals surface area contributed by atoms with Crippen LogP contribution in [0.1, 0.15) is 32.2 Å². The summed E-state index contributed by atoms with van der Waals surface area (Å²) in [6.07, 6.45) is 2.69. The lowest BCUT2D eigenvalue weighted by Gasteiger charge is -2.08. The van der Waals surface area contributed by atoms with Crippen LogP contribution in [0.25, 0.3) is 11.3 Å². The van der Waals surface area contributed by atoms with Gasteiger partial charge in [-0.05, 0) is 38.1 Å². The second kappa shape index (κ2) is 6.52. The summed E-state index contributed by atoms with van der Waals surface area (Å²) < 4.78 is 24.1. The highest BCUT2D eigenvalue weighted by atomic mass is 19.1. The van der Waals surface area contributed by atoms with Gasteiger partial charge in [-0.15, -0.1) is 0 Å². The molecule has 0 aliphatic rings. The van der Waals surface area contributed by atoms with Crippen molar-refractivity contribution in [2.75, 3.05) is 13.7 Å². The van der Waals surface area contributed by atoms with Crippen LogP contribution in [-0.4, -0.2) is 18.6 Å². The first-order valence-electron chi connectivity index (χ1n) is 6.68. The molecule has 5 heteroatoms. The molecule has 1 aromatic heterocycles. The normalized spacial score (nSPS) is 12.4. The highest BCUT2D eigenvalue weighted by Gasteiger charge is 2.14. The van der Waals surface area contributed by atoms with E-state index in [9.17, 15) is 4.39 Å². The Morgan fingerprint density at radius 2 is 2.25 bits per heavy atom. The van der Waals surface area contributed by atoms with Crippen molar-refractivity contribution in [2.24, 2.45) is 0 Å². The van der Waals surface area contributed by atoms with Crippen LogP contribution in [0.3, 0.4) is 0 Å². The number of hydrogen-bond donors (Lipinski definition) is 1. The number of methoxy groups -OCH3 is 1. The molecule has 0 saturated carbocycles. The Bertz CT molecular complexity index is 569. The molecule has 2 rings (SSSR count). The first kappa shape index (κ1) is 14.5. The van der Waals surface area contributed by atoms with E-state index < -0.39 is 5.82 Å². The van der Waals surface area contributed by atoms with E-state index in [0.29, 0.717) is 11.7 Å². The molecule has 0 radical (unpaired) electrons. The van der Waals surface area contributed by atoms with Crippen molar-refractivity contribution in [3.05, 3.63) is 36.1 Å². The topological polar surface area (TPSA) is 47.3 Å². The molecule has 1 heterocycles. The van der Waals surface area contributed by atoms with Gasteiger partial charge in [-0.1, -0.05) is 6.92 Å². The van der Waals surface area contributed by atoms with Crippen LogP contribution in [0.15, 0.2) is 28.8 Å². The van der Waals surface area contributed by atoms with E-state index in [4.69, 9.17) is 9.15 Å². The summed E-state index contributed by atoms with van der Waals surface area (Å²) in [6.45, 7) is 5.01. The molecular weight excluding hydrogens is 259 g/mol. The van der Waals surface area contributed by atoms with Crippen LogP contribution >= 0.6 is 0 Å². The molecule has 1 aromatic carbocycles. The Labute approximate surface area is 118 Å². The second-order valence-electron chi connectivity index (χ2n) is 4.59. The molecule has 2 aromatic rings. The Balaban J connectivity index is 2.20. The Morgan fingerprint density at radius 3 is 2.95 bits per heavy atom. The summed E-state index contributed by atoms with van der Waals surface area (Å²) in [5.41, 5.74) is 0.740. The van der Waals surface area contributed by atoms with Gasteiger partial charge in [0.1, 0.15) is 0 Å². The molecule has 0 amide bonds. The zero-order chi connectivity index (χ0) is 14.5. The minimum absolute atomic E-state index is 0.0473. The number of aromatic nitrogens is 1. The molecule has 0 saturated heterocycles. The summed E-state index contributed by atoms with van der Waals surface area (Å²) in [4.78, 5) is 4.26. The number of hydrogen-bond acceptors (Lipinski definition) is 4. The molecule has 1 atom stereocenters. The fourth-order valence-corrected chi connectivity index (χ4v) is 1.88. The van der Waals surface area contributed by atoms with Crippen LogP contribution < -0.4 is 10.1 Å². The van der Waals surface area contributed by atoms with E-state index in [1.54, 1.807) is 18.3 Å². The average molecular weight is 278 g/mol. The predicted molar refractivity (Wildman–Crippen MR) is 75.2 cm³/mol. The fraction of sp³-hybridized carbons (Fsp3) is 0.400. The molecule has 0 fully saturated rings. The van der Waals surface area contributed by atoms with E-state index in [-0.39, 0.29) is 11.8 Å². The van der Waals surface area contributed by atoms with E-state index in [1.165, 1.54) is 13.2 Å². The number of halogens is 1. The van der Waals surface area contributed by atoms with Crippen molar-refractivity contribution in [3.8, 4) is 17.1 Å². The third-order valence-electron chi connectivity index (χ3n) is 3.03. The fourth-order valence-electron chi connectivity index (χ4n) is 1.88. The van der Waals surface area contributed by atoms with Crippen molar-refractivity contribution >= 4 is 0 Å². The average Bonchev–Trinajstić information content (AvgIpc) is 2.95. The number of benzene rings is 1. The smallest absolute Gasteiger partial charge is 0.211 e. The molecule has 4 nitrogen and oxygen atoms in total. The van der Waals surface area contributed by atoms with Crippen molar-refractivity contribution in [2.45, 2.75) is 26.3 Å². The highest BCUT2D eigenvalue weighted by molar-refractivity contribution is 5.59. The number of ether oxygens (including phenoxy) is 1. The van der Waals surface area contributed by atoms with E-state index in [0.717, 1.165) is 18.5 Å². The quantitative estimate of drug-likeness (QED) is 0.877. The van der Waals surface area contributed by atoms with Crippen molar-refractivity contribution < 1.29 is 13.5 Å². The molecule has 1 unspecified atom stereocenters. The van der Waals surface area contributed by atoms with Crippen molar-refractivity contribution in [1.82, 2.24) is 10.3 Å². The lowest BCUT2D eigenvalue weighted by molar-refractivity contribution is 0.386. The summed E-state index contributed by atoms with van der Waals surface area (Å²) in [5, 5.41) is 3.30. The van der Waals surface area contributed by atoms with Gasteiger partial charge in [0.2, 0.25) is 5.89 Å². The number of rotatable bonds is 6. The maximum absolute atomic E-state index is 13.4. The largest absolute Gasteiger partial charge is 0.494 e. The number of oxazole rings is 1. The monoisotopic (exact) mass is 278 g/mol. The highest BCUT2D eigenvalue weighted by Crippen LogP contribution is 2.28. The number of nitrogens with one attached hydrogen (secondary N) is 1. The molecule has 20 heavy (non-hydrogen) atoms. The van der Waals surface area contributed by atoms with Gasteiger partial charge < -0.3 is 14.5 Å². The molecule has 0 bridgehead atoms. The van der Waals surface area contributed by atoms with Gasteiger partial charge in [0.15, 0.2) is 17.3 Å². The van der Waals surface area contributed by atoms with Crippen LogP contribution in [0.2, 0.25) is 0 Å². The van der Waals surface area contributed by atoms with Crippen LogP contribution in [0, 0.1) is 5.82 Å². The molecule has 108 valence electrons. The van der Waals surface area contributed by atoms with E-state index >= 15 is 0 Å². The lowest BCUT2D eigenvalue weighted by Crippen LogP contribution is -2.19. The van der Waals surface area contributed by atoms with Gasteiger partial charge in [0.05, 0.1) is 19.3 Å². The summed E-state index contributed by atoms with van der Waals surface area (Å²) in [7, 11) is 1.44. The Morgan fingerprint density at radius 1 is 1.45 bits per heavy atom. The van der Waals surface area contributed by atoms with Crippen LogP contribution in [-0.2, 0) is 0 Å². The zero-order valence-electron chi connectivity index (χ0n) is 11.9. The SMILES string of the molecule is CCCNC(C)c1ncc(-c2ccc(F)c(OC)c2)o1. The van der Waals surface area contributed by atoms with Crippen molar-refractivity contribution in [1.29, 1.82) is 0 Å². The third kappa shape index (κ3) is 3.17. The second-order valence-corrected chi connectivity index (χ2v) is 4.59. The maximum atomic E-state index is 13.4. The summed E-state index contributed by atoms with van der Waals surface area (Å²) in [5.74, 6) is 1.02. The molecule has 0 spiro atoms. The third-order valence-corrected chi connectivity index (χ3v) is 3.03. The molecule has 1 N–H and O–H groups in total. The Kier molecular flexibility index (Phi) is 4.74. The summed E-state index contributed by atoms with van der Waals surface area (Å²) in [6, 6.07) is 4.65. The molecule has 0 aliphatic carbocycles. The van der Waals surface area contributed by atoms with Gasteiger partial charge in [-0.3, -0.25) is 0 Å². The molecular formula is C15H19FN2O2. The van der Waals surface area contributed by atoms with Gasteiger partial charge in [0.25, 0.3) is 0 Å². The maximum Gasteiger partial charge on any atom is 0.211 e. The van der Waals surface area contributed by atoms with Crippen LogP contribution in [0.5, 0.6) is 5.75 Å². The van der Waals surface area contributed by atoms with E-state index in [2.05, 4.69) is 17.2 Å². The standard InChI is InChI=1S/C15H19FN2O2/c1-4-7-17-10(2)15-18-9-14(20-15)11-5-6-12(16)13(8-11)19-3/h5-6,8-10,17H,4,7H2,1-3H3. The zero-order valence-corrected chi connectivity index (χ0v) is 11.9. The van der Waals surface area contributed by atoms with Gasteiger partial charge in [-0.25, -0.2) is 9.37 Å². The van der Waals surface area contributed by atoms with Gasteiger partial charge >= 0.3 is 0 Å². The number of nitrogens with zero attached hydrogens (tertiary/aromatic N) is 1. The Hall–Kier alpha value is -1.88. The minimum Gasteiger partial charge on any atom is -0.494 e. The minimum atomic E-state index is -0.394. The van der Waals surface area contributed by atoms with Crippen molar-refractivity contribution in [3.63, 3.8) is 0 Å². The van der Waals surface area contributed by atoms with Crippen LogP contribution in [0.4, 0.5) is 4.39 Å². The first-order valence-corrected chi connectivity index (χ1v) is 6.68. The van der Waals surface area contributed by atoms with Gasteiger partial charge in [-0.2, -0.15) is 0 Å². The van der Waals surface area contributed by atoms with E-state index in [1.807, 2.05) is 6.92 Å². The van der Waals surface area contributed by atoms with Gasteiger partial charge in [0, 0.05) is 5.56 Å². The predicted octanol–water partition coefficient (Wildman–Crippen LogP) is 3.55.